The van der Waals surface area contributed by atoms with Gasteiger partial charge >= 0.3 is 0 Å². The fraction of sp³-hybridized carbons (Fsp3) is 0.300. The Kier molecular flexibility index (Phi) is 2.93. The highest BCUT2D eigenvalue weighted by molar-refractivity contribution is 6.89. The fourth-order valence-electron chi connectivity index (χ4n) is 1.28. The summed E-state index contributed by atoms with van der Waals surface area (Å²) in [5, 5.41) is 1.85. The molecular weight excluding hydrogens is 200 g/mol. The van der Waals surface area contributed by atoms with Gasteiger partial charge in [0.2, 0.25) is 0 Å². The molecule has 0 aliphatic heterocycles. The molecular formula is C10H13ClOSi. The smallest absolute Gasteiger partial charge is 0.149 e. The van der Waals surface area contributed by atoms with Crippen LogP contribution in [0.3, 0.4) is 0 Å². The molecule has 1 aromatic rings. The van der Waals surface area contributed by atoms with E-state index in [1.807, 2.05) is 6.07 Å². The van der Waals surface area contributed by atoms with Crippen molar-refractivity contribution in [2.24, 2.45) is 0 Å². The quantitative estimate of drug-likeness (QED) is 0.544. The lowest BCUT2D eigenvalue weighted by molar-refractivity contribution is 0.112. The number of hydrogen-bond donors (Lipinski definition) is 0. The number of benzene rings is 1. The first kappa shape index (κ1) is 10.5. The van der Waals surface area contributed by atoms with E-state index in [4.69, 9.17) is 11.6 Å². The minimum Gasteiger partial charge on any atom is -0.298 e. The molecule has 0 aromatic heterocycles. The summed E-state index contributed by atoms with van der Waals surface area (Å²) in [5.41, 5.74) is 0.781. The summed E-state index contributed by atoms with van der Waals surface area (Å²) in [6.45, 7) is 6.60. The Morgan fingerprint density at radius 2 is 1.92 bits per heavy atom. The zero-order valence-electron chi connectivity index (χ0n) is 8.10. The molecule has 0 N–H and O–H groups in total. The molecule has 1 aromatic carbocycles. The highest BCUT2D eigenvalue weighted by atomic mass is 35.5. The zero-order chi connectivity index (χ0) is 10.1. The Hall–Kier alpha value is -0.603. The second-order valence-electron chi connectivity index (χ2n) is 4.10. The van der Waals surface area contributed by atoms with Crippen LogP contribution >= 0.6 is 11.6 Å². The van der Waals surface area contributed by atoms with Crippen LogP contribution in [0.4, 0.5) is 0 Å². The molecule has 0 fully saturated rings. The molecule has 0 amide bonds. The first-order valence-electron chi connectivity index (χ1n) is 4.20. The Labute approximate surface area is 84.7 Å². The third kappa shape index (κ3) is 2.42. The van der Waals surface area contributed by atoms with E-state index in [2.05, 4.69) is 19.6 Å². The van der Waals surface area contributed by atoms with Gasteiger partial charge in [0.05, 0.1) is 8.07 Å². The van der Waals surface area contributed by atoms with E-state index in [1.54, 1.807) is 12.1 Å². The third-order valence-corrected chi connectivity index (χ3v) is 4.23. The molecule has 0 unspecified atom stereocenters. The molecule has 0 aliphatic carbocycles. The van der Waals surface area contributed by atoms with Crippen LogP contribution in [0.25, 0.3) is 0 Å². The van der Waals surface area contributed by atoms with Crippen LogP contribution in [0.15, 0.2) is 18.2 Å². The molecule has 13 heavy (non-hydrogen) atoms. The van der Waals surface area contributed by atoms with Crippen molar-refractivity contribution in [3.8, 4) is 0 Å². The Balaban J connectivity index is 3.32. The molecule has 0 aliphatic rings. The van der Waals surface area contributed by atoms with Crippen LogP contribution in [-0.2, 0) is 0 Å². The van der Waals surface area contributed by atoms with Crippen LogP contribution in [0, 0.1) is 0 Å². The van der Waals surface area contributed by atoms with Crippen LogP contribution in [0.1, 0.15) is 10.4 Å². The Morgan fingerprint density at radius 1 is 1.31 bits per heavy atom. The van der Waals surface area contributed by atoms with Gasteiger partial charge in [-0.05, 0) is 17.3 Å². The van der Waals surface area contributed by atoms with Gasteiger partial charge in [-0.1, -0.05) is 37.3 Å². The maximum absolute atomic E-state index is 10.8. The lowest BCUT2D eigenvalue weighted by atomic mass is 10.2. The molecule has 1 rings (SSSR count). The molecule has 0 atom stereocenters. The van der Waals surface area contributed by atoms with Crippen molar-refractivity contribution >= 4 is 31.1 Å². The van der Waals surface area contributed by atoms with Crippen molar-refractivity contribution in [3.05, 3.63) is 28.8 Å². The standard InChI is InChI=1S/C10H13ClOSi/c1-13(2,3)10-6-9(11)5-4-8(10)7-12/h4-7H,1-3H3. The third-order valence-electron chi connectivity index (χ3n) is 1.95. The topological polar surface area (TPSA) is 17.1 Å². The molecule has 0 radical (unpaired) electrons. The van der Waals surface area contributed by atoms with Gasteiger partial charge in [0.1, 0.15) is 6.29 Å². The number of halogens is 1. The van der Waals surface area contributed by atoms with Gasteiger partial charge in [-0.15, -0.1) is 0 Å². The van der Waals surface area contributed by atoms with E-state index in [0.717, 1.165) is 17.0 Å². The molecule has 1 nitrogen and oxygen atoms in total. The predicted octanol–water partition coefficient (Wildman–Crippen LogP) is 2.70. The van der Waals surface area contributed by atoms with Crippen LogP contribution in [0.5, 0.6) is 0 Å². The van der Waals surface area contributed by atoms with E-state index in [-0.39, 0.29) is 0 Å². The average molecular weight is 213 g/mol. The average Bonchev–Trinajstić information content (AvgIpc) is 2.03. The van der Waals surface area contributed by atoms with E-state index in [0.29, 0.717) is 5.02 Å². The second kappa shape index (κ2) is 3.64. The van der Waals surface area contributed by atoms with Crippen LogP contribution in [0.2, 0.25) is 24.7 Å². The first-order valence-corrected chi connectivity index (χ1v) is 8.08. The van der Waals surface area contributed by atoms with Crippen molar-refractivity contribution < 1.29 is 4.79 Å². The van der Waals surface area contributed by atoms with Gasteiger partial charge < -0.3 is 0 Å². The van der Waals surface area contributed by atoms with Gasteiger partial charge in [-0.3, -0.25) is 4.79 Å². The number of aldehydes is 1. The van der Waals surface area contributed by atoms with E-state index >= 15 is 0 Å². The highest BCUT2D eigenvalue weighted by Crippen LogP contribution is 2.12. The normalized spacial score (nSPS) is 11.4. The van der Waals surface area contributed by atoms with E-state index in [1.165, 1.54) is 0 Å². The van der Waals surface area contributed by atoms with Crippen molar-refractivity contribution in [2.75, 3.05) is 0 Å². The van der Waals surface area contributed by atoms with Gasteiger partial charge in [-0.2, -0.15) is 0 Å². The van der Waals surface area contributed by atoms with Crippen LogP contribution in [-0.4, -0.2) is 14.4 Å². The minimum atomic E-state index is -1.45. The minimum absolute atomic E-state index is 0.711. The molecule has 70 valence electrons. The van der Waals surface area contributed by atoms with Crippen molar-refractivity contribution in [2.45, 2.75) is 19.6 Å². The summed E-state index contributed by atoms with van der Waals surface area (Å²) >= 11 is 5.89. The second-order valence-corrected chi connectivity index (χ2v) is 9.57. The predicted molar refractivity (Wildman–Crippen MR) is 59.8 cm³/mol. The lowest BCUT2D eigenvalue weighted by Gasteiger charge is -2.18. The van der Waals surface area contributed by atoms with Crippen LogP contribution < -0.4 is 5.19 Å². The maximum atomic E-state index is 10.8. The zero-order valence-corrected chi connectivity index (χ0v) is 9.85. The summed E-state index contributed by atoms with van der Waals surface area (Å²) in [7, 11) is -1.45. The molecule has 0 heterocycles. The molecule has 3 heteroatoms. The first-order chi connectivity index (χ1) is 5.95. The number of hydrogen-bond acceptors (Lipinski definition) is 1. The number of carbonyl (C=O) groups excluding carboxylic acids is 1. The Bertz CT molecular complexity index is 328. The summed E-state index contributed by atoms with van der Waals surface area (Å²) in [5.74, 6) is 0. The summed E-state index contributed by atoms with van der Waals surface area (Å²) < 4.78 is 0. The number of carbonyl (C=O) groups is 1. The summed E-state index contributed by atoms with van der Waals surface area (Å²) in [6.07, 6.45) is 0.907. The maximum Gasteiger partial charge on any atom is 0.149 e. The van der Waals surface area contributed by atoms with Gasteiger partial charge in [0, 0.05) is 10.6 Å². The van der Waals surface area contributed by atoms with Crippen molar-refractivity contribution in [1.29, 1.82) is 0 Å². The highest BCUT2D eigenvalue weighted by Gasteiger charge is 2.19. The molecule has 0 saturated carbocycles. The Morgan fingerprint density at radius 3 is 2.38 bits per heavy atom. The largest absolute Gasteiger partial charge is 0.298 e. The van der Waals surface area contributed by atoms with Gasteiger partial charge in [-0.25, -0.2) is 0 Å². The van der Waals surface area contributed by atoms with Gasteiger partial charge in [0.15, 0.2) is 0 Å². The van der Waals surface area contributed by atoms with Gasteiger partial charge in [0.25, 0.3) is 0 Å². The number of rotatable bonds is 2. The van der Waals surface area contributed by atoms with E-state index < -0.39 is 8.07 Å². The monoisotopic (exact) mass is 212 g/mol. The van der Waals surface area contributed by atoms with E-state index in [9.17, 15) is 4.79 Å². The molecule has 0 bridgehead atoms. The fourth-order valence-corrected chi connectivity index (χ4v) is 3.14. The molecule has 0 saturated heterocycles. The SMILES string of the molecule is C[Si](C)(C)c1cc(Cl)ccc1C=O. The lowest BCUT2D eigenvalue weighted by Crippen LogP contribution is -2.40. The summed E-state index contributed by atoms with van der Waals surface area (Å²) in [4.78, 5) is 10.8. The summed E-state index contributed by atoms with van der Waals surface area (Å²) in [6, 6.07) is 5.47. The van der Waals surface area contributed by atoms with Crippen molar-refractivity contribution in [3.63, 3.8) is 0 Å². The van der Waals surface area contributed by atoms with Crippen molar-refractivity contribution in [1.82, 2.24) is 0 Å². The molecule has 0 spiro atoms.